The van der Waals surface area contributed by atoms with Crippen molar-refractivity contribution in [1.29, 1.82) is 0 Å². The molecule has 0 aliphatic rings. The van der Waals surface area contributed by atoms with Crippen molar-refractivity contribution in [2.24, 2.45) is 0 Å². The first-order chi connectivity index (χ1) is 10.6. The van der Waals surface area contributed by atoms with Gasteiger partial charge in [0.25, 0.3) is 0 Å². The van der Waals surface area contributed by atoms with Crippen molar-refractivity contribution in [2.45, 2.75) is 6.92 Å². The molecule has 0 aliphatic carbocycles. The van der Waals surface area contributed by atoms with Gasteiger partial charge in [0.1, 0.15) is 0 Å². The van der Waals surface area contributed by atoms with Crippen LogP contribution in [0.2, 0.25) is 0 Å². The summed E-state index contributed by atoms with van der Waals surface area (Å²) in [7, 11) is 1.75. The van der Waals surface area contributed by atoms with Crippen LogP contribution in [0.15, 0.2) is 54.6 Å². The van der Waals surface area contributed by atoms with Crippen LogP contribution in [0, 0.1) is 6.92 Å². The lowest BCUT2D eigenvalue weighted by atomic mass is 10.1. The minimum Gasteiger partial charge on any atom is -0.366 e. The zero-order valence-electron chi connectivity index (χ0n) is 12.6. The molecule has 2 N–H and O–H groups in total. The molecule has 0 heterocycles. The van der Waals surface area contributed by atoms with E-state index in [9.17, 15) is 4.79 Å². The van der Waals surface area contributed by atoms with Gasteiger partial charge in [0.2, 0.25) is 0 Å². The Labute approximate surface area is 136 Å². The predicted octanol–water partition coefficient (Wildman–Crippen LogP) is 3.81. The van der Waals surface area contributed by atoms with Gasteiger partial charge in [0.05, 0.1) is 0 Å². The molecule has 3 nitrogen and oxygen atoms in total. The van der Waals surface area contributed by atoms with Crippen molar-refractivity contribution in [3.63, 3.8) is 0 Å². The average Bonchev–Trinajstić information content (AvgIpc) is 2.54. The number of benzene rings is 2. The van der Waals surface area contributed by atoms with Gasteiger partial charge in [-0.15, -0.1) is 0 Å². The number of thiocarbonyl (C=S) groups is 1. The monoisotopic (exact) mass is 310 g/mol. The molecule has 0 amide bonds. The zero-order chi connectivity index (χ0) is 15.9. The molecule has 2 aromatic carbocycles. The topological polar surface area (TPSA) is 41.1 Å². The van der Waals surface area contributed by atoms with Crippen molar-refractivity contribution in [2.75, 3.05) is 12.4 Å². The highest BCUT2D eigenvalue weighted by molar-refractivity contribution is 7.80. The smallest absolute Gasteiger partial charge is 0.185 e. The van der Waals surface area contributed by atoms with Crippen molar-refractivity contribution in [1.82, 2.24) is 5.32 Å². The lowest BCUT2D eigenvalue weighted by Crippen LogP contribution is -2.24. The van der Waals surface area contributed by atoms with Gasteiger partial charge in [0.15, 0.2) is 10.9 Å². The highest BCUT2D eigenvalue weighted by atomic mass is 32.1. The van der Waals surface area contributed by atoms with Gasteiger partial charge in [-0.1, -0.05) is 30.3 Å². The second-order valence-electron chi connectivity index (χ2n) is 4.84. The maximum Gasteiger partial charge on any atom is 0.185 e. The minimum atomic E-state index is -0.0222. The molecule has 0 spiro atoms. The highest BCUT2D eigenvalue weighted by Gasteiger charge is 2.03. The molecule has 0 saturated heterocycles. The van der Waals surface area contributed by atoms with E-state index in [0.29, 0.717) is 10.7 Å². The average molecular weight is 310 g/mol. The van der Waals surface area contributed by atoms with Gasteiger partial charge in [-0.25, -0.2) is 0 Å². The third-order valence-corrected chi connectivity index (χ3v) is 3.56. The molecule has 0 atom stereocenters. The SMILES string of the molecule is CNC(=S)Nc1ccc(C(=O)C=Cc2ccccc2C)cc1. The molecule has 0 fully saturated rings. The van der Waals surface area contributed by atoms with Gasteiger partial charge in [-0.05, 0) is 60.6 Å². The predicted molar refractivity (Wildman–Crippen MR) is 96.3 cm³/mol. The number of hydrogen-bond donors (Lipinski definition) is 2. The van der Waals surface area contributed by atoms with E-state index in [1.54, 1.807) is 25.3 Å². The maximum atomic E-state index is 12.2. The number of nitrogens with one attached hydrogen (secondary N) is 2. The summed E-state index contributed by atoms with van der Waals surface area (Å²) >= 11 is 5.03. The van der Waals surface area contributed by atoms with Crippen LogP contribution in [0.1, 0.15) is 21.5 Å². The molecule has 112 valence electrons. The van der Waals surface area contributed by atoms with Crippen molar-refractivity contribution in [3.05, 3.63) is 71.3 Å². The van der Waals surface area contributed by atoms with Crippen LogP contribution in [0.5, 0.6) is 0 Å². The third-order valence-electron chi connectivity index (χ3n) is 3.26. The number of ketones is 1. The minimum absolute atomic E-state index is 0.0222. The van der Waals surface area contributed by atoms with Crippen LogP contribution in [0.4, 0.5) is 5.69 Å². The Morgan fingerprint density at radius 2 is 1.77 bits per heavy atom. The molecule has 0 saturated carbocycles. The summed E-state index contributed by atoms with van der Waals surface area (Å²) in [5.41, 5.74) is 3.68. The summed E-state index contributed by atoms with van der Waals surface area (Å²) < 4.78 is 0. The van der Waals surface area contributed by atoms with Gasteiger partial charge in [0, 0.05) is 18.3 Å². The Bertz CT molecular complexity index is 705. The molecular formula is C18H18N2OS. The summed E-state index contributed by atoms with van der Waals surface area (Å²) in [5.74, 6) is -0.0222. The first-order valence-corrected chi connectivity index (χ1v) is 7.38. The lowest BCUT2D eigenvalue weighted by Gasteiger charge is -2.07. The van der Waals surface area contributed by atoms with Crippen LogP contribution in [0.3, 0.4) is 0 Å². The Kier molecular flexibility index (Phi) is 5.44. The first-order valence-electron chi connectivity index (χ1n) is 6.97. The Morgan fingerprint density at radius 3 is 2.41 bits per heavy atom. The van der Waals surface area contributed by atoms with Crippen LogP contribution >= 0.6 is 12.2 Å². The number of allylic oxidation sites excluding steroid dienone is 1. The molecule has 0 aliphatic heterocycles. The van der Waals surface area contributed by atoms with Crippen molar-refractivity contribution < 1.29 is 4.79 Å². The summed E-state index contributed by atoms with van der Waals surface area (Å²) in [5, 5.41) is 6.39. The number of hydrogen-bond acceptors (Lipinski definition) is 2. The van der Waals surface area contributed by atoms with E-state index in [1.807, 2.05) is 49.4 Å². The van der Waals surface area contributed by atoms with Crippen LogP contribution < -0.4 is 10.6 Å². The van der Waals surface area contributed by atoms with Gasteiger partial charge in [-0.3, -0.25) is 4.79 Å². The molecule has 0 bridgehead atoms. The van der Waals surface area contributed by atoms with Crippen molar-refractivity contribution in [3.8, 4) is 0 Å². The van der Waals surface area contributed by atoms with E-state index in [2.05, 4.69) is 10.6 Å². The number of aryl methyl sites for hydroxylation is 1. The van der Waals surface area contributed by atoms with E-state index < -0.39 is 0 Å². The molecule has 2 aromatic rings. The Hall–Kier alpha value is -2.46. The quantitative estimate of drug-likeness (QED) is 0.512. The van der Waals surface area contributed by atoms with Crippen LogP contribution in [0.25, 0.3) is 6.08 Å². The molecule has 2 rings (SSSR count). The summed E-state index contributed by atoms with van der Waals surface area (Å²) in [6, 6.07) is 15.2. The van der Waals surface area contributed by atoms with E-state index >= 15 is 0 Å². The number of rotatable bonds is 4. The molecule has 0 aromatic heterocycles. The standard InChI is InChI=1S/C18H18N2OS/c1-13-5-3-4-6-14(13)9-12-17(21)15-7-10-16(11-8-15)20-18(22)19-2/h3-12H,1-2H3,(H2,19,20,22). The first kappa shape index (κ1) is 15.9. The Morgan fingerprint density at radius 1 is 1.09 bits per heavy atom. The van der Waals surface area contributed by atoms with Crippen molar-refractivity contribution >= 4 is 34.9 Å². The summed E-state index contributed by atoms with van der Waals surface area (Å²) in [4.78, 5) is 12.2. The number of anilines is 1. The van der Waals surface area contributed by atoms with Gasteiger partial charge in [-0.2, -0.15) is 0 Å². The van der Waals surface area contributed by atoms with E-state index in [4.69, 9.17) is 12.2 Å². The molecular weight excluding hydrogens is 292 g/mol. The fourth-order valence-electron chi connectivity index (χ4n) is 1.95. The van der Waals surface area contributed by atoms with Crippen LogP contribution in [-0.4, -0.2) is 17.9 Å². The van der Waals surface area contributed by atoms with Gasteiger partial charge < -0.3 is 10.6 Å². The number of carbonyl (C=O) groups is 1. The second-order valence-corrected chi connectivity index (χ2v) is 5.24. The van der Waals surface area contributed by atoms with E-state index in [-0.39, 0.29) is 5.78 Å². The van der Waals surface area contributed by atoms with Crippen LogP contribution in [-0.2, 0) is 0 Å². The second kappa shape index (κ2) is 7.52. The molecule has 22 heavy (non-hydrogen) atoms. The molecule has 0 radical (unpaired) electrons. The molecule has 0 unspecified atom stereocenters. The number of carbonyl (C=O) groups excluding carboxylic acids is 1. The fourth-order valence-corrected chi connectivity index (χ4v) is 2.06. The largest absolute Gasteiger partial charge is 0.366 e. The summed E-state index contributed by atoms with van der Waals surface area (Å²) in [6.07, 6.45) is 3.45. The highest BCUT2D eigenvalue weighted by Crippen LogP contribution is 2.13. The Balaban J connectivity index is 2.07. The lowest BCUT2D eigenvalue weighted by molar-refractivity contribution is 0.104. The fraction of sp³-hybridized carbons (Fsp3) is 0.111. The summed E-state index contributed by atoms with van der Waals surface area (Å²) in [6.45, 7) is 2.02. The van der Waals surface area contributed by atoms with E-state index in [0.717, 1.165) is 16.8 Å². The normalized spacial score (nSPS) is 10.5. The third kappa shape index (κ3) is 4.27. The van der Waals surface area contributed by atoms with Gasteiger partial charge >= 0.3 is 0 Å². The zero-order valence-corrected chi connectivity index (χ0v) is 13.4. The maximum absolute atomic E-state index is 12.2. The van der Waals surface area contributed by atoms with E-state index in [1.165, 1.54) is 0 Å². The molecule has 4 heteroatoms.